The van der Waals surface area contributed by atoms with Crippen molar-refractivity contribution in [3.63, 3.8) is 0 Å². The van der Waals surface area contributed by atoms with Crippen LogP contribution in [0, 0.1) is 0 Å². The Kier molecular flexibility index (Phi) is 11.8. The molecule has 0 amide bonds. The molecule has 92 valence electrons. The molecule has 0 aliphatic heterocycles. The van der Waals surface area contributed by atoms with Crippen molar-refractivity contribution in [3.8, 4) is 0 Å². The molecule has 0 heterocycles. The summed E-state index contributed by atoms with van der Waals surface area (Å²) < 4.78 is 11.3. The van der Waals surface area contributed by atoms with Crippen molar-refractivity contribution in [2.45, 2.75) is 11.7 Å². The van der Waals surface area contributed by atoms with Gasteiger partial charge in [0.2, 0.25) is 0 Å². The quantitative estimate of drug-likeness (QED) is 0.149. The summed E-state index contributed by atoms with van der Waals surface area (Å²) in [4.78, 5) is 25.3. The predicted octanol–water partition coefficient (Wildman–Crippen LogP) is -3.76. The Hall–Kier alpha value is 0.870. The Bertz CT molecular complexity index is 195. The van der Waals surface area contributed by atoms with Crippen molar-refractivity contribution in [1.29, 1.82) is 0 Å². The van der Waals surface area contributed by atoms with Crippen molar-refractivity contribution in [2.24, 2.45) is 0 Å². The van der Waals surface area contributed by atoms with Crippen LogP contribution in [0.1, 0.15) is 0 Å². The zero-order valence-corrected chi connectivity index (χ0v) is 11.1. The SMILES string of the molecule is O=P([O-])(C(COO)OO)C(COO)OO.[Na+]. The van der Waals surface area contributed by atoms with Crippen LogP contribution in [0.2, 0.25) is 0 Å². The second kappa shape index (κ2) is 9.85. The van der Waals surface area contributed by atoms with Gasteiger partial charge in [-0.3, -0.25) is 21.0 Å². The van der Waals surface area contributed by atoms with Crippen LogP contribution < -0.4 is 34.5 Å². The molecule has 10 nitrogen and oxygen atoms in total. The van der Waals surface area contributed by atoms with E-state index in [-0.39, 0.29) is 29.6 Å². The third kappa shape index (κ3) is 5.47. The topological polar surface area (TPSA) is 158 Å². The molecule has 0 aliphatic carbocycles. The van der Waals surface area contributed by atoms with Crippen molar-refractivity contribution in [1.82, 2.24) is 0 Å². The Balaban J connectivity index is 0. The zero-order chi connectivity index (χ0) is 11.9. The standard InChI is InChI=1S/C4H11O10P.Na/c5-11-1-3(13-7)15(9,10)4(14-8)2-12-6;/h3-8H,1-2H2,(H,9,10);/q;+1/p-1. The van der Waals surface area contributed by atoms with E-state index in [1.165, 1.54) is 0 Å². The van der Waals surface area contributed by atoms with Crippen LogP contribution in [0.4, 0.5) is 0 Å². The summed E-state index contributed by atoms with van der Waals surface area (Å²) in [7, 11) is -4.71. The first kappa shape index (κ1) is 19.2. The molecule has 0 fully saturated rings. The molecule has 0 aromatic heterocycles. The molecule has 0 bridgehead atoms. The van der Waals surface area contributed by atoms with E-state index in [0.717, 1.165) is 0 Å². The monoisotopic (exact) mass is 272 g/mol. The molecule has 4 N–H and O–H groups in total. The third-order valence-electron chi connectivity index (χ3n) is 1.48. The first-order valence-corrected chi connectivity index (χ1v) is 5.24. The fourth-order valence-electron chi connectivity index (χ4n) is 0.713. The maximum Gasteiger partial charge on any atom is 1.00 e. The first-order chi connectivity index (χ1) is 7.04. The maximum atomic E-state index is 11.3. The molecular weight excluding hydrogens is 262 g/mol. The van der Waals surface area contributed by atoms with Crippen LogP contribution in [-0.2, 0) is 24.1 Å². The summed E-state index contributed by atoms with van der Waals surface area (Å²) in [6.45, 7) is -1.83. The van der Waals surface area contributed by atoms with E-state index in [9.17, 15) is 9.46 Å². The molecule has 0 aromatic carbocycles. The zero-order valence-electron chi connectivity index (χ0n) is 8.25. The van der Waals surface area contributed by atoms with Crippen molar-refractivity contribution >= 4 is 7.37 Å². The van der Waals surface area contributed by atoms with E-state index >= 15 is 0 Å². The number of rotatable bonds is 8. The van der Waals surface area contributed by atoms with Crippen molar-refractivity contribution in [2.75, 3.05) is 13.2 Å². The largest absolute Gasteiger partial charge is 1.00 e. The molecule has 2 atom stereocenters. The molecule has 0 rings (SSSR count). The molecule has 12 heteroatoms. The summed E-state index contributed by atoms with van der Waals surface area (Å²) in [5.41, 5.74) is 0. The number of hydrogen-bond donors (Lipinski definition) is 4. The third-order valence-corrected chi connectivity index (χ3v) is 3.57. The molecule has 16 heavy (non-hydrogen) atoms. The van der Waals surface area contributed by atoms with Gasteiger partial charge >= 0.3 is 29.6 Å². The summed E-state index contributed by atoms with van der Waals surface area (Å²) in [6, 6.07) is 0. The van der Waals surface area contributed by atoms with Crippen molar-refractivity contribution in [3.05, 3.63) is 0 Å². The van der Waals surface area contributed by atoms with E-state index < -0.39 is 32.3 Å². The normalized spacial score (nSPS) is 18.3. The number of hydrogen-bond acceptors (Lipinski definition) is 10. The van der Waals surface area contributed by atoms with Gasteiger partial charge in [-0.2, -0.15) is 0 Å². The van der Waals surface area contributed by atoms with Gasteiger partial charge in [-0.05, 0) is 0 Å². The van der Waals surface area contributed by atoms with E-state index in [4.69, 9.17) is 21.0 Å². The minimum absolute atomic E-state index is 0. The van der Waals surface area contributed by atoms with Gasteiger partial charge in [-0.25, -0.2) is 19.6 Å². The fourth-order valence-corrected chi connectivity index (χ4v) is 1.90. The van der Waals surface area contributed by atoms with E-state index in [1.54, 1.807) is 0 Å². The summed E-state index contributed by atoms with van der Waals surface area (Å²) in [5, 5.41) is 32.4. The van der Waals surface area contributed by atoms with E-state index in [2.05, 4.69) is 19.6 Å². The Labute approximate surface area is 112 Å². The molecular formula is C4H10NaO10P. The van der Waals surface area contributed by atoms with Gasteiger partial charge in [-0.1, -0.05) is 0 Å². The second-order valence-corrected chi connectivity index (χ2v) is 4.80. The van der Waals surface area contributed by atoms with Gasteiger partial charge in [0.25, 0.3) is 0 Å². The minimum atomic E-state index is -4.71. The summed E-state index contributed by atoms with van der Waals surface area (Å²) in [6.07, 6.45) is 0. The molecule has 0 saturated carbocycles. The van der Waals surface area contributed by atoms with Gasteiger partial charge in [0.15, 0.2) is 11.7 Å². The van der Waals surface area contributed by atoms with Crippen LogP contribution >= 0.6 is 7.37 Å². The summed E-state index contributed by atoms with van der Waals surface area (Å²) in [5.74, 6) is -3.95. The van der Waals surface area contributed by atoms with Crippen LogP contribution in [0.5, 0.6) is 0 Å². The average molecular weight is 272 g/mol. The Morgan fingerprint density at radius 1 is 1.00 bits per heavy atom. The van der Waals surface area contributed by atoms with E-state index in [0.29, 0.717) is 0 Å². The summed E-state index contributed by atoms with van der Waals surface area (Å²) >= 11 is 0. The molecule has 0 spiro atoms. The predicted molar refractivity (Wildman–Crippen MR) is 39.8 cm³/mol. The average Bonchev–Trinajstić information content (AvgIpc) is 2.21. The molecule has 0 saturated heterocycles. The van der Waals surface area contributed by atoms with E-state index in [1.807, 2.05) is 0 Å². The van der Waals surface area contributed by atoms with Crippen LogP contribution in [0.15, 0.2) is 0 Å². The van der Waals surface area contributed by atoms with Crippen LogP contribution in [0.3, 0.4) is 0 Å². The Morgan fingerprint density at radius 3 is 1.50 bits per heavy atom. The fraction of sp³-hybridized carbons (Fsp3) is 1.00. The van der Waals surface area contributed by atoms with Gasteiger partial charge in [0.1, 0.15) is 13.2 Å². The molecule has 0 aromatic rings. The molecule has 0 radical (unpaired) electrons. The molecule has 0 aliphatic rings. The second-order valence-electron chi connectivity index (χ2n) is 2.36. The van der Waals surface area contributed by atoms with Crippen molar-refractivity contribution < 1.29 is 79.6 Å². The Morgan fingerprint density at radius 2 is 1.31 bits per heavy atom. The van der Waals surface area contributed by atoms with Crippen LogP contribution in [-0.4, -0.2) is 45.9 Å². The van der Waals surface area contributed by atoms with Gasteiger partial charge in [-0.15, -0.1) is 0 Å². The smallest absolute Gasteiger partial charge is 0.795 e. The van der Waals surface area contributed by atoms with Gasteiger partial charge in [0.05, 0.1) is 7.37 Å². The maximum absolute atomic E-state index is 11.3. The minimum Gasteiger partial charge on any atom is -0.795 e. The van der Waals surface area contributed by atoms with Gasteiger partial charge < -0.3 is 9.46 Å². The van der Waals surface area contributed by atoms with Crippen LogP contribution in [0.25, 0.3) is 0 Å². The molecule has 2 unspecified atom stereocenters. The van der Waals surface area contributed by atoms with Gasteiger partial charge in [0, 0.05) is 0 Å². The first-order valence-electron chi connectivity index (χ1n) is 3.48.